The summed E-state index contributed by atoms with van der Waals surface area (Å²) < 4.78 is 1.89. The molecule has 1 aliphatic rings. The molecule has 1 aromatic rings. The lowest BCUT2D eigenvalue weighted by Gasteiger charge is -2.26. The van der Waals surface area contributed by atoms with Gasteiger partial charge in [-0.2, -0.15) is 5.10 Å². The average Bonchev–Trinajstić information content (AvgIpc) is 2.78. The molecule has 0 aromatic carbocycles. The Balaban J connectivity index is 0.00000200. The van der Waals surface area contributed by atoms with E-state index in [1.807, 2.05) is 25.5 Å². The van der Waals surface area contributed by atoms with Crippen LogP contribution in [0.5, 0.6) is 0 Å². The van der Waals surface area contributed by atoms with Crippen LogP contribution in [0.3, 0.4) is 0 Å². The van der Waals surface area contributed by atoms with E-state index in [0.29, 0.717) is 0 Å². The van der Waals surface area contributed by atoms with Crippen LogP contribution in [0.25, 0.3) is 0 Å². The van der Waals surface area contributed by atoms with Crippen molar-refractivity contribution in [1.29, 1.82) is 0 Å². The monoisotopic (exact) mass is 301 g/mol. The number of aryl methyl sites for hydroxylation is 2. The van der Waals surface area contributed by atoms with Gasteiger partial charge in [-0.05, 0) is 25.7 Å². The molecule has 0 spiro atoms. The Hall–Kier alpha value is -1.14. The fraction of sp³-hybridized carbons (Fsp3) is 0.769. The molecular formula is C13H24ClN5O. The highest BCUT2D eigenvalue weighted by Crippen LogP contribution is 2.23. The summed E-state index contributed by atoms with van der Waals surface area (Å²) in [7, 11) is 0. The minimum absolute atomic E-state index is 0. The Labute approximate surface area is 125 Å². The van der Waals surface area contributed by atoms with Crippen molar-refractivity contribution in [3.05, 3.63) is 11.6 Å². The molecule has 2 heterocycles. The summed E-state index contributed by atoms with van der Waals surface area (Å²) in [5, 5.41) is 7.34. The van der Waals surface area contributed by atoms with E-state index in [-0.39, 0.29) is 30.3 Å². The molecule has 0 fully saturated rings. The normalized spacial score (nSPS) is 20.5. The Morgan fingerprint density at radius 1 is 1.60 bits per heavy atom. The van der Waals surface area contributed by atoms with E-state index in [9.17, 15) is 4.79 Å². The second-order valence-electron chi connectivity index (χ2n) is 5.36. The van der Waals surface area contributed by atoms with Gasteiger partial charge in [-0.25, -0.2) is 9.67 Å². The van der Waals surface area contributed by atoms with Crippen molar-refractivity contribution in [1.82, 2.24) is 20.1 Å². The molecule has 3 unspecified atom stereocenters. The number of halogens is 1. The highest BCUT2D eigenvalue weighted by atomic mass is 35.5. The number of nitrogens with zero attached hydrogens (tertiary/aromatic N) is 3. The van der Waals surface area contributed by atoms with Gasteiger partial charge in [0.05, 0.1) is 12.1 Å². The van der Waals surface area contributed by atoms with Crippen molar-refractivity contribution in [3.63, 3.8) is 0 Å². The van der Waals surface area contributed by atoms with Gasteiger partial charge >= 0.3 is 0 Å². The van der Waals surface area contributed by atoms with Gasteiger partial charge in [-0.1, -0.05) is 20.3 Å². The quantitative estimate of drug-likeness (QED) is 0.878. The molecule has 1 aromatic heterocycles. The first-order valence-electron chi connectivity index (χ1n) is 7.00. The maximum Gasteiger partial charge on any atom is 0.237 e. The number of nitrogens with one attached hydrogen (secondary N) is 1. The van der Waals surface area contributed by atoms with Crippen LogP contribution in [-0.4, -0.2) is 26.7 Å². The van der Waals surface area contributed by atoms with Crippen LogP contribution < -0.4 is 11.1 Å². The Morgan fingerprint density at radius 2 is 2.30 bits per heavy atom. The van der Waals surface area contributed by atoms with Gasteiger partial charge in [0.1, 0.15) is 11.6 Å². The summed E-state index contributed by atoms with van der Waals surface area (Å²) in [6, 6.07) is -0.512. The van der Waals surface area contributed by atoms with Gasteiger partial charge in [0.25, 0.3) is 0 Å². The van der Waals surface area contributed by atoms with Gasteiger partial charge in [0.15, 0.2) is 0 Å². The molecule has 0 radical (unpaired) electrons. The van der Waals surface area contributed by atoms with Crippen molar-refractivity contribution < 1.29 is 4.79 Å². The van der Waals surface area contributed by atoms with E-state index in [0.717, 1.165) is 37.5 Å². The maximum atomic E-state index is 12.1. The zero-order chi connectivity index (χ0) is 14.0. The van der Waals surface area contributed by atoms with E-state index in [2.05, 4.69) is 15.4 Å². The third-order valence-corrected chi connectivity index (χ3v) is 3.86. The van der Waals surface area contributed by atoms with Gasteiger partial charge in [0, 0.05) is 6.54 Å². The number of fused-ring (bicyclic) bond motifs is 1. The first-order chi connectivity index (χ1) is 9.02. The molecule has 3 atom stereocenters. The molecule has 0 saturated heterocycles. The van der Waals surface area contributed by atoms with Crippen LogP contribution in [0, 0.1) is 12.8 Å². The van der Waals surface area contributed by atoms with E-state index in [1.54, 1.807) is 0 Å². The van der Waals surface area contributed by atoms with Gasteiger partial charge < -0.3 is 11.1 Å². The largest absolute Gasteiger partial charge is 0.345 e. The van der Waals surface area contributed by atoms with E-state index < -0.39 is 6.04 Å². The summed E-state index contributed by atoms with van der Waals surface area (Å²) in [5.74, 6) is 1.70. The minimum Gasteiger partial charge on any atom is -0.345 e. The van der Waals surface area contributed by atoms with Gasteiger partial charge in [-0.3, -0.25) is 4.79 Å². The third kappa shape index (κ3) is 3.49. The lowest BCUT2D eigenvalue weighted by atomic mass is 9.98. The second kappa shape index (κ2) is 7.04. The number of carbonyl (C=O) groups excluding carboxylic acids is 1. The summed E-state index contributed by atoms with van der Waals surface area (Å²) in [4.78, 5) is 16.5. The molecule has 6 nitrogen and oxygen atoms in total. The SMILES string of the molecule is CCC(C)C(N)C(=O)NC1CCCn2nc(C)nc21.Cl. The highest BCUT2D eigenvalue weighted by Gasteiger charge is 2.28. The summed E-state index contributed by atoms with van der Waals surface area (Å²) in [5.41, 5.74) is 5.96. The summed E-state index contributed by atoms with van der Waals surface area (Å²) in [6.07, 6.45) is 2.80. The second-order valence-corrected chi connectivity index (χ2v) is 5.36. The summed E-state index contributed by atoms with van der Waals surface area (Å²) in [6.45, 7) is 6.78. The molecule has 2 rings (SSSR count). The number of aromatic nitrogens is 3. The van der Waals surface area contributed by atoms with Crippen LogP contribution in [0.1, 0.15) is 50.8 Å². The molecule has 1 aliphatic heterocycles. The van der Waals surface area contributed by atoms with Crippen LogP contribution in [0.15, 0.2) is 0 Å². The van der Waals surface area contributed by atoms with Gasteiger partial charge in [-0.15, -0.1) is 12.4 Å². The number of carbonyl (C=O) groups is 1. The zero-order valence-electron chi connectivity index (χ0n) is 12.3. The lowest BCUT2D eigenvalue weighted by Crippen LogP contribution is -2.46. The number of amides is 1. The summed E-state index contributed by atoms with van der Waals surface area (Å²) >= 11 is 0. The number of nitrogens with two attached hydrogens (primary N) is 1. The molecule has 3 N–H and O–H groups in total. The fourth-order valence-electron chi connectivity index (χ4n) is 2.39. The number of rotatable bonds is 4. The van der Waals surface area contributed by atoms with E-state index >= 15 is 0 Å². The van der Waals surface area contributed by atoms with Crippen molar-refractivity contribution >= 4 is 18.3 Å². The molecule has 0 aliphatic carbocycles. The first-order valence-corrected chi connectivity index (χ1v) is 7.00. The fourth-order valence-corrected chi connectivity index (χ4v) is 2.39. The van der Waals surface area contributed by atoms with Gasteiger partial charge in [0.2, 0.25) is 5.91 Å². The molecule has 114 valence electrons. The molecular weight excluding hydrogens is 278 g/mol. The molecule has 0 bridgehead atoms. The standard InChI is InChI=1S/C13H23N5O.ClH/c1-4-8(2)11(14)13(19)16-10-6-5-7-18-12(10)15-9(3)17-18;/h8,10-11H,4-7,14H2,1-3H3,(H,16,19);1H. The van der Waals surface area contributed by atoms with Crippen LogP contribution in [0.4, 0.5) is 0 Å². The van der Waals surface area contributed by atoms with Crippen LogP contribution >= 0.6 is 12.4 Å². The predicted molar refractivity (Wildman–Crippen MR) is 79.6 cm³/mol. The Morgan fingerprint density at radius 3 is 2.95 bits per heavy atom. The zero-order valence-corrected chi connectivity index (χ0v) is 13.1. The molecule has 7 heteroatoms. The number of hydrogen-bond acceptors (Lipinski definition) is 4. The maximum absolute atomic E-state index is 12.1. The molecule has 0 saturated carbocycles. The lowest BCUT2D eigenvalue weighted by molar-refractivity contribution is -0.124. The molecule has 20 heavy (non-hydrogen) atoms. The van der Waals surface area contributed by atoms with Crippen molar-refractivity contribution in [2.75, 3.05) is 0 Å². The Kier molecular flexibility index (Phi) is 5.95. The minimum atomic E-state index is -0.454. The highest BCUT2D eigenvalue weighted by molar-refractivity contribution is 5.85. The Bertz CT molecular complexity index is 462. The van der Waals surface area contributed by atoms with Crippen molar-refractivity contribution in [3.8, 4) is 0 Å². The van der Waals surface area contributed by atoms with Crippen LogP contribution in [0.2, 0.25) is 0 Å². The average molecular weight is 302 g/mol. The van der Waals surface area contributed by atoms with Crippen molar-refractivity contribution in [2.45, 2.75) is 58.7 Å². The molecule has 1 amide bonds. The van der Waals surface area contributed by atoms with Crippen molar-refractivity contribution in [2.24, 2.45) is 11.7 Å². The first kappa shape index (κ1) is 16.9. The predicted octanol–water partition coefficient (Wildman–Crippen LogP) is 1.33. The topological polar surface area (TPSA) is 85.8 Å². The third-order valence-electron chi connectivity index (χ3n) is 3.86. The van der Waals surface area contributed by atoms with Crippen LogP contribution in [-0.2, 0) is 11.3 Å². The van der Waals surface area contributed by atoms with E-state index in [1.165, 1.54) is 0 Å². The van der Waals surface area contributed by atoms with E-state index in [4.69, 9.17) is 5.73 Å². The smallest absolute Gasteiger partial charge is 0.237 e. The number of hydrogen-bond donors (Lipinski definition) is 2.